The lowest BCUT2D eigenvalue weighted by molar-refractivity contribution is -0.138. The molecular weight excluding hydrogens is 386 g/mol. The summed E-state index contributed by atoms with van der Waals surface area (Å²) in [6.45, 7) is 0.252. The Labute approximate surface area is 163 Å². The lowest BCUT2D eigenvalue weighted by atomic mass is 10.0. The molecule has 1 aliphatic heterocycles. The zero-order valence-corrected chi connectivity index (χ0v) is 15.3. The predicted molar refractivity (Wildman–Crippen MR) is 99.5 cm³/mol. The van der Waals surface area contributed by atoms with Crippen molar-refractivity contribution in [1.29, 1.82) is 0 Å². The van der Waals surface area contributed by atoms with Crippen molar-refractivity contribution in [1.82, 2.24) is 14.9 Å². The van der Waals surface area contributed by atoms with Gasteiger partial charge in [-0.15, -0.1) is 0 Å². The van der Waals surface area contributed by atoms with Crippen LogP contribution in [0.5, 0.6) is 0 Å². The van der Waals surface area contributed by atoms with Crippen LogP contribution in [0.15, 0.2) is 53.3 Å². The molecule has 29 heavy (non-hydrogen) atoms. The van der Waals surface area contributed by atoms with E-state index in [2.05, 4.69) is 9.97 Å². The van der Waals surface area contributed by atoms with Crippen LogP contribution in [0.25, 0.3) is 11.4 Å². The van der Waals surface area contributed by atoms with Gasteiger partial charge in [-0.1, -0.05) is 36.4 Å². The number of rotatable bonds is 3. The maximum Gasteiger partial charge on any atom is 0.416 e. The Morgan fingerprint density at radius 2 is 1.83 bits per heavy atom. The fraction of sp³-hybridized carbons (Fsp3) is 0.238. The summed E-state index contributed by atoms with van der Waals surface area (Å²) in [6, 6.07) is 12.1. The van der Waals surface area contributed by atoms with Gasteiger partial charge in [0.05, 0.1) is 16.8 Å². The van der Waals surface area contributed by atoms with Crippen LogP contribution < -0.4 is 5.56 Å². The Bertz CT molecular complexity index is 1090. The summed E-state index contributed by atoms with van der Waals surface area (Å²) < 4.78 is 53.9. The fourth-order valence-electron chi connectivity index (χ4n) is 3.56. The Kier molecular flexibility index (Phi) is 4.96. The van der Waals surface area contributed by atoms with Gasteiger partial charge in [0.2, 0.25) is 0 Å². The van der Waals surface area contributed by atoms with E-state index in [0.717, 1.165) is 23.8 Å². The molecule has 1 aromatic heterocycles. The van der Waals surface area contributed by atoms with Crippen molar-refractivity contribution in [3.63, 3.8) is 0 Å². The number of hydrogen-bond acceptors (Lipinski definition) is 3. The van der Waals surface area contributed by atoms with E-state index in [0.29, 0.717) is 30.0 Å². The van der Waals surface area contributed by atoms with Gasteiger partial charge in [0.15, 0.2) is 0 Å². The van der Waals surface area contributed by atoms with Crippen LogP contribution in [0.3, 0.4) is 0 Å². The molecule has 0 amide bonds. The molecular formula is C21H17F4N3O. The molecule has 0 saturated carbocycles. The highest BCUT2D eigenvalue weighted by Crippen LogP contribution is 2.34. The number of alkyl halides is 3. The molecule has 4 rings (SSSR count). The van der Waals surface area contributed by atoms with E-state index in [9.17, 15) is 22.4 Å². The van der Waals surface area contributed by atoms with E-state index in [1.165, 1.54) is 0 Å². The zero-order valence-electron chi connectivity index (χ0n) is 15.3. The van der Waals surface area contributed by atoms with Crippen LogP contribution in [0.4, 0.5) is 17.6 Å². The summed E-state index contributed by atoms with van der Waals surface area (Å²) in [4.78, 5) is 21.5. The Hall–Kier alpha value is -3.00. The molecule has 0 unspecified atom stereocenters. The molecule has 2 heterocycles. The number of nitrogens with one attached hydrogen (secondary N) is 1. The van der Waals surface area contributed by atoms with E-state index in [4.69, 9.17) is 0 Å². The van der Waals surface area contributed by atoms with Gasteiger partial charge in [-0.3, -0.25) is 9.69 Å². The maximum atomic E-state index is 14.1. The number of aromatic amines is 1. The van der Waals surface area contributed by atoms with Gasteiger partial charge < -0.3 is 4.98 Å². The number of aromatic nitrogens is 2. The number of hydrogen-bond donors (Lipinski definition) is 1. The lowest BCUT2D eigenvalue weighted by Gasteiger charge is -2.28. The maximum absolute atomic E-state index is 14.1. The highest BCUT2D eigenvalue weighted by Gasteiger charge is 2.35. The first-order valence-electron chi connectivity index (χ1n) is 9.07. The van der Waals surface area contributed by atoms with E-state index >= 15 is 0 Å². The molecule has 8 heteroatoms. The molecule has 1 N–H and O–H groups in total. The third-order valence-corrected chi connectivity index (χ3v) is 5.00. The second kappa shape index (κ2) is 7.44. The van der Waals surface area contributed by atoms with E-state index in [-0.39, 0.29) is 18.6 Å². The van der Waals surface area contributed by atoms with Crippen LogP contribution in [-0.4, -0.2) is 21.4 Å². The number of H-pyrrole nitrogens is 1. The normalized spacial score (nSPS) is 14.6. The van der Waals surface area contributed by atoms with Crippen molar-refractivity contribution in [2.75, 3.05) is 6.54 Å². The minimum Gasteiger partial charge on any atom is -0.306 e. The average molecular weight is 403 g/mol. The van der Waals surface area contributed by atoms with Crippen LogP contribution in [-0.2, 0) is 25.7 Å². The van der Waals surface area contributed by atoms with Gasteiger partial charge in [-0.05, 0) is 12.1 Å². The Morgan fingerprint density at radius 1 is 1.07 bits per heavy atom. The van der Waals surface area contributed by atoms with Crippen molar-refractivity contribution >= 4 is 0 Å². The van der Waals surface area contributed by atoms with Crippen LogP contribution >= 0.6 is 0 Å². The third-order valence-electron chi connectivity index (χ3n) is 5.00. The molecule has 0 bridgehead atoms. The van der Waals surface area contributed by atoms with Gasteiger partial charge >= 0.3 is 6.18 Å². The Morgan fingerprint density at radius 3 is 2.55 bits per heavy atom. The summed E-state index contributed by atoms with van der Waals surface area (Å²) in [5.74, 6) is -0.451. The second-order valence-corrected chi connectivity index (χ2v) is 6.93. The number of halogens is 4. The predicted octanol–water partition coefficient (Wildman–Crippen LogP) is 4.15. The summed E-state index contributed by atoms with van der Waals surface area (Å²) >= 11 is 0. The molecule has 0 saturated heterocycles. The van der Waals surface area contributed by atoms with E-state index in [1.807, 2.05) is 30.3 Å². The third kappa shape index (κ3) is 3.93. The van der Waals surface area contributed by atoms with Gasteiger partial charge in [0, 0.05) is 37.2 Å². The first kappa shape index (κ1) is 19.3. The molecule has 0 atom stereocenters. The minimum atomic E-state index is -4.64. The van der Waals surface area contributed by atoms with Crippen LogP contribution in [0, 0.1) is 5.82 Å². The second-order valence-electron chi connectivity index (χ2n) is 6.93. The fourth-order valence-corrected chi connectivity index (χ4v) is 3.56. The molecule has 0 radical (unpaired) electrons. The monoisotopic (exact) mass is 403 g/mol. The summed E-state index contributed by atoms with van der Waals surface area (Å²) in [5.41, 5.74) is 0.0666. The van der Waals surface area contributed by atoms with Gasteiger partial charge in [0.25, 0.3) is 5.56 Å². The van der Waals surface area contributed by atoms with Crippen molar-refractivity contribution in [2.24, 2.45) is 0 Å². The van der Waals surface area contributed by atoms with Gasteiger partial charge in [-0.25, -0.2) is 9.37 Å². The highest BCUT2D eigenvalue weighted by molar-refractivity contribution is 5.54. The van der Waals surface area contributed by atoms with Crippen LogP contribution in [0.1, 0.15) is 22.4 Å². The molecule has 0 fully saturated rings. The first-order chi connectivity index (χ1) is 13.8. The topological polar surface area (TPSA) is 49.0 Å². The molecule has 0 spiro atoms. The molecule has 150 valence electrons. The zero-order chi connectivity index (χ0) is 20.6. The molecule has 1 aliphatic rings. The standard InChI is InChI=1S/C21H17F4N3O/c22-17-8-4-7-16(21(23,24)25)14(17)11-28-10-9-18-15(12-28)20(29)27-19(26-18)13-5-2-1-3-6-13/h1-8H,9-12H2,(H,26,27,29). The summed E-state index contributed by atoms with van der Waals surface area (Å²) in [6.07, 6.45) is -4.25. The SMILES string of the molecule is O=c1[nH]c(-c2ccccc2)nc2c1CN(Cc1c(F)cccc1C(F)(F)F)CC2. The smallest absolute Gasteiger partial charge is 0.306 e. The highest BCUT2D eigenvalue weighted by atomic mass is 19.4. The average Bonchev–Trinajstić information content (AvgIpc) is 2.69. The quantitative estimate of drug-likeness (QED) is 0.669. The van der Waals surface area contributed by atoms with E-state index < -0.39 is 23.1 Å². The minimum absolute atomic E-state index is 0.109. The molecule has 2 aromatic carbocycles. The van der Waals surface area contributed by atoms with Crippen LogP contribution in [0.2, 0.25) is 0 Å². The van der Waals surface area contributed by atoms with Gasteiger partial charge in [0.1, 0.15) is 11.6 Å². The largest absolute Gasteiger partial charge is 0.416 e. The summed E-state index contributed by atoms with van der Waals surface area (Å²) in [7, 11) is 0. The number of benzene rings is 2. The van der Waals surface area contributed by atoms with Crippen molar-refractivity contribution < 1.29 is 17.6 Å². The lowest BCUT2D eigenvalue weighted by Crippen LogP contribution is -2.36. The van der Waals surface area contributed by atoms with Crippen molar-refractivity contribution in [3.8, 4) is 11.4 Å². The Balaban J connectivity index is 1.62. The van der Waals surface area contributed by atoms with Gasteiger partial charge in [-0.2, -0.15) is 13.2 Å². The van der Waals surface area contributed by atoms with E-state index in [1.54, 1.807) is 4.90 Å². The van der Waals surface area contributed by atoms with Crippen molar-refractivity contribution in [2.45, 2.75) is 25.7 Å². The molecule has 0 aliphatic carbocycles. The van der Waals surface area contributed by atoms with Crippen molar-refractivity contribution in [3.05, 3.63) is 87.1 Å². The number of fused-ring (bicyclic) bond motifs is 1. The molecule has 4 nitrogen and oxygen atoms in total. The summed E-state index contributed by atoms with van der Waals surface area (Å²) in [5, 5.41) is 0. The number of nitrogens with zero attached hydrogens (tertiary/aromatic N) is 2. The molecule has 3 aromatic rings. The first-order valence-corrected chi connectivity index (χ1v) is 9.07.